The van der Waals surface area contributed by atoms with Crippen LogP contribution in [-0.2, 0) is 12.7 Å². The molecule has 18 heavy (non-hydrogen) atoms. The Morgan fingerprint density at radius 2 is 1.89 bits per heavy atom. The molecule has 1 aromatic rings. The van der Waals surface area contributed by atoms with Crippen molar-refractivity contribution in [3.8, 4) is 0 Å². The van der Waals surface area contributed by atoms with E-state index in [2.05, 4.69) is 4.98 Å². The predicted octanol–water partition coefficient (Wildman–Crippen LogP) is 3.03. The fourth-order valence-electron chi connectivity index (χ4n) is 1.97. The topological polar surface area (TPSA) is 16.1 Å². The summed E-state index contributed by atoms with van der Waals surface area (Å²) in [6.07, 6.45) is -3.28. The molecule has 0 unspecified atom stereocenters. The van der Waals surface area contributed by atoms with Crippen LogP contribution in [0.2, 0.25) is 0 Å². The molecule has 1 saturated heterocycles. The van der Waals surface area contributed by atoms with Crippen LogP contribution in [0.4, 0.5) is 17.6 Å². The maximum atomic E-state index is 12.9. The van der Waals surface area contributed by atoms with Gasteiger partial charge in [0, 0.05) is 25.8 Å². The normalized spacial score (nSPS) is 19.1. The highest BCUT2D eigenvalue weighted by Gasteiger charge is 2.30. The number of pyridine rings is 1. The number of nitrogens with zero attached hydrogens (tertiary/aromatic N) is 2. The molecule has 2 rings (SSSR count). The SMILES string of the molecule is FC1CCN(Cc2ccc(C(F)(F)F)cn2)CC1. The number of piperidine rings is 1. The maximum Gasteiger partial charge on any atom is 0.417 e. The Hall–Kier alpha value is -1.17. The third kappa shape index (κ3) is 3.41. The van der Waals surface area contributed by atoms with Gasteiger partial charge in [0.15, 0.2) is 0 Å². The molecule has 1 aliphatic heterocycles. The molecule has 100 valence electrons. The maximum absolute atomic E-state index is 12.9. The summed E-state index contributed by atoms with van der Waals surface area (Å²) in [6, 6.07) is 2.41. The monoisotopic (exact) mass is 262 g/mol. The zero-order valence-electron chi connectivity index (χ0n) is 9.75. The Morgan fingerprint density at radius 1 is 1.22 bits per heavy atom. The van der Waals surface area contributed by atoms with E-state index in [0.717, 1.165) is 12.3 Å². The molecule has 0 saturated carbocycles. The van der Waals surface area contributed by atoms with Gasteiger partial charge in [-0.2, -0.15) is 13.2 Å². The lowest BCUT2D eigenvalue weighted by Gasteiger charge is -2.28. The Morgan fingerprint density at radius 3 is 2.39 bits per heavy atom. The van der Waals surface area contributed by atoms with Crippen molar-refractivity contribution in [2.75, 3.05) is 13.1 Å². The fourth-order valence-corrected chi connectivity index (χ4v) is 1.97. The van der Waals surface area contributed by atoms with Gasteiger partial charge in [-0.25, -0.2) is 4.39 Å². The molecule has 0 atom stereocenters. The van der Waals surface area contributed by atoms with Gasteiger partial charge in [0.2, 0.25) is 0 Å². The highest BCUT2D eigenvalue weighted by atomic mass is 19.4. The van der Waals surface area contributed by atoms with Crippen LogP contribution in [0.3, 0.4) is 0 Å². The molecule has 1 fully saturated rings. The summed E-state index contributed by atoms with van der Waals surface area (Å²) in [5, 5.41) is 0. The van der Waals surface area contributed by atoms with Crippen LogP contribution >= 0.6 is 0 Å². The smallest absolute Gasteiger partial charge is 0.297 e. The van der Waals surface area contributed by atoms with Crippen LogP contribution < -0.4 is 0 Å². The van der Waals surface area contributed by atoms with Gasteiger partial charge in [0.05, 0.1) is 11.3 Å². The average Bonchev–Trinajstić information content (AvgIpc) is 2.32. The standard InChI is InChI=1S/C12H14F4N2/c13-10-3-5-18(6-4-10)8-11-2-1-9(7-17-11)12(14,15)16/h1-2,7,10H,3-6,8H2. The second kappa shape index (κ2) is 5.22. The molecule has 0 aromatic carbocycles. The lowest BCUT2D eigenvalue weighted by atomic mass is 10.1. The first-order valence-corrected chi connectivity index (χ1v) is 5.84. The van der Waals surface area contributed by atoms with Gasteiger partial charge in [-0.3, -0.25) is 9.88 Å². The number of halogens is 4. The summed E-state index contributed by atoms with van der Waals surface area (Å²) < 4.78 is 49.9. The van der Waals surface area contributed by atoms with Crippen molar-refractivity contribution in [1.29, 1.82) is 0 Å². The van der Waals surface area contributed by atoms with Gasteiger partial charge >= 0.3 is 6.18 Å². The second-order valence-corrected chi connectivity index (χ2v) is 4.49. The lowest BCUT2D eigenvalue weighted by molar-refractivity contribution is -0.137. The number of likely N-dealkylation sites (tertiary alicyclic amines) is 1. The van der Waals surface area contributed by atoms with E-state index >= 15 is 0 Å². The summed E-state index contributed by atoms with van der Waals surface area (Å²) >= 11 is 0. The molecule has 0 radical (unpaired) electrons. The third-order valence-corrected chi connectivity index (χ3v) is 3.05. The average molecular weight is 262 g/mol. The van der Waals surface area contributed by atoms with E-state index < -0.39 is 17.9 Å². The van der Waals surface area contributed by atoms with E-state index in [4.69, 9.17) is 0 Å². The first kappa shape index (κ1) is 13.3. The molecule has 1 aliphatic rings. The second-order valence-electron chi connectivity index (χ2n) is 4.49. The minimum Gasteiger partial charge on any atom is -0.297 e. The number of rotatable bonds is 2. The Kier molecular flexibility index (Phi) is 3.85. The molecule has 6 heteroatoms. The van der Waals surface area contributed by atoms with Crippen LogP contribution in [0, 0.1) is 0 Å². The molecular weight excluding hydrogens is 248 g/mol. The molecule has 0 amide bonds. The lowest BCUT2D eigenvalue weighted by Crippen LogP contribution is -2.34. The molecule has 2 nitrogen and oxygen atoms in total. The van der Waals surface area contributed by atoms with E-state index in [-0.39, 0.29) is 0 Å². The highest BCUT2D eigenvalue weighted by molar-refractivity contribution is 5.16. The van der Waals surface area contributed by atoms with Gasteiger partial charge in [-0.1, -0.05) is 0 Å². The van der Waals surface area contributed by atoms with Crippen LogP contribution in [0.1, 0.15) is 24.1 Å². The quantitative estimate of drug-likeness (QED) is 0.762. The summed E-state index contributed by atoms with van der Waals surface area (Å²) in [5.41, 5.74) is -0.158. The van der Waals surface area contributed by atoms with Gasteiger partial charge in [0.1, 0.15) is 6.17 Å². The van der Waals surface area contributed by atoms with E-state index in [1.165, 1.54) is 6.07 Å². The minimum absolute atomic E-state index is 0.477. The van der Waals surface area contributed by atoms with Crippen molar-refractivity contribution in [2.45, 2.75) is 31.7 Å². The van der Waals surface area contributed by atoms with Crippen molar-refractivity contribution in [3.05, 3.63) is 29.6 Å². The van der Waals surface area contributed by atoms with E-state index in [9.17, 15) is 17.6 Å². The fraction of sp³-hybridized carbons (Fsp3) is 0.583. The van der Waals surface area contributed by atoms with E-state index in [1.54, 1.807) is 0 Å². The van der Waals surface area contributed by atoms with Crippen molar-refractivity contribution < 1.29 is 17.6 Å². The van der Waals surface area contributed by atoms with Gasteiger partial charge < -0.3 is 0 Å². The number of aromatic nitrogens is 1. The van der Waals surface area contributed by atoms with Crippen LogP contribution in [0.25, 0.3) is 0 Å². The number of hydrogen-bond acceptors (Lipinski definition) is 2. The van der Waals surface area contributed by atoms with Crippen molar-refractivity contribution in [1.82, 2.24) is 9.88 Å². The molecule has 0 spiro atoms. The zero-order valence-corrected chi connectivity index (χ0v) is 9.75. The molecule has 1 aromatic heterocycles. The predicted molar refractivity (Wildman–Crippen MR) is 58.6 cm³/mol. The Bertz CT molecular complexity index is 380. The number of hydrogen-bond donors (Lipinski definition) is 0. The van der Waals surface area contributed by atoms with Crippen molar-refractivity contribution >= 4 is 0 Å². The third-order valence-electron chi connectivity index (χ3n) is 3.05. The molecule has 2 heterocycles. The molecule has 0 bridgehead atoms. The summed E-state index contributed by atoms with van der Waals surface area (Å²) in [4.78, 5) is 5.81. The summed E-state index contributed by atoms with van der Waals surface area (Å²) in [6.45, 7) is 1.73. The van der Waals surface area contributed by atoms with Crippen LogP contribution in [0.5, 0.6) is 0 Å². The van der Waals surface area contributed by atoms with Crippen LogP contribution in [0.15, 0.2) is 18.3 Å². The first-order chi connectivity index (χ1) is 8.45. The Labute approximate surface area is 103 Å². The van der Waals surface area contributed by atoms with Gasteiger partial charge in [-0.15, -0.1) is 0 Å². The summed E-state index contributed by atoms with van der Waals surface area (Å²) in [7, 11) is 0. The Balaban J connectivity index is 1.94. The van der Waals surface area contributed by atoms with E-state index in [0.29, 0.717) is 38.2 Å². The summed E-state index contributed by atoms with van der Waals surface area (Å²) in [5.74, 6) is 0. The van der Waals surface area contributed by atoms with Gasteiger partial charge in [0.25, 0.3) is 0 Å². The highest BCUT2D eigenvalue weighted by Crippen LogP contribution is 2.28. The van der Waals surface area contributed by atoms with Crippen molar-refractivity contribution in [3.63, 3.8) is 0 Å². The minimum atomic E-state index is -4.35. The molecular formula is C12H14F4N2. The molecule has 0 N–H and O–H groups in total. The largest absolute Gasteiger partial charge is 0.417 e. The van der Waals surface area contributed by atoms with E-state index in [1.807, 2.05) is 4.90 Å². The first-order valence-electron chi connectivity index (χ1n) is 5.84. The van der Waals surface area contributed by atoms with Crippen molar-refractivity contribution in [2.24, 2.45) is 0 Å². The van der Waals surface area contributed by atoms with Gasteiger partial charge in [-0.05, 0) is 25.0 Å². The number of alkyl halides is 4. The zero-order chi connectivity index (χ0) is 13.2. The van der Waals surface area contributed by atoms with Crippen LogP contribution in [-0.4, -0.2) is 29.1 Å². The molecule has 0 aliphatic carbocycles.